The monoisotopic (exact) mass is 205 g/mol. The number of hydrogen-bond acceptors (Lipinski definition) is 3. The highest BCUT2D eigenvalue weighted by molar-refractivity contribution is 5.78. The molecular formula is C12H15NO2. The second-order valence-corrected chi connectivity index (χ2v) is 4.05. The molecule has 0 spiro atoms. The van der Waals surface area contributed by atoms with E-state index in [1.807, 2.05) is 25.1 Å². The van der Waals surface area contributed by atoms with E-state index in [4.69, 9.17) is 10.5 Å². The van der Waals surface area contributed by atoms with Gasteiger partial charge in [-0.1, -0.05) is 18.2 Å². The van der Waals surface area contributed by atoms with Crippen LogP contribution >= 0.6 is 0 Å². The zero-order valence-electron chi connectivity index (χ0n) is 8.99. The van der Waals surface area contributed by atoms with Crippen molar-refractivity contribution >= 4 is 11.7 Å². The molecule has 0 heterocycles. The van der Waals surface area contributed by atoms with Gasteiger partial charge in [0.2, 0.25) is 0 Å². The molecule has 0 radical (unpaired) electrons. The number of carbonyl (C=O) groups is 1. The number of carbonyl (C=O) groups excluding carboxylic acids is 1. The highest BCUT2D eigenvalue weighted by Crippen LogP contribution is 2.50. The van der Waals surface area contributed by atoms with Gasteiger partial charge in [0.05, 0.1) is 13.0 Å². The minimum Gasteiger partial charge on any atom is -0.469 e. The van der Waals surface area contributed by atoms with Gasteiger partial charge in [0.25, 0.3) is 0 Å². The molecule has 1 saturated carbocycles. The molecule has 2 rings (SSSR count). The summed E-state index contributed by atoms with van der Waals surface area (Å²) in [6.45, 7) is 1.98. The van der Waals surface area contributed by atoms with E-state index in [2.05, 4.69) is 0 Å². The van der Waals surface area contributed by atoms with Crippen LogP contribution in [0.3, 0.4) is 0 Å². The van der Waals surface area contributed by atoms with E-state index in [9.17, 15) is 4.79 Å². The zero-order valence-corrected chi connectivity index (χ0v) is 8.99. The van der Waals surface area contributed by atoms with Crippen molar-refractivity contribution < 1.29 is 9.53 Å². The highest BCUT2D eigenvalue weighted by atomic mass is 16.5. The average Bonchev–Trinajstić information content (AvgIpc) is 3.01. The fourth-order valence-electron chi connectivity index (χ4n) is 1.98. The number of nitrogen functional groups attached to an aromatic ring is 1. The van der Waals surface area contributed by atoms with Crippen molar-refractivity contribution in [2.75, 3.05) is 12.8 Å². The third-order valence-corrected chi connectivity index (χ3v) is 3.05. The maximum absolute atomic E-state index is 11.3. The number of methoxy groups -OCH3 is 1. The van der Waals surface area contributed by atoms with Crippen LogP contribution in [0.15, 0.2) is 18.2 Å². The number of hydrogen-bond donors (Lipinski definition) is 1. The predicted octanol–water partition coefficient (Wildman–Crippen LogP) is 1.85. The molecular weight excluding hydrogens is 190 g/mol. The second-order valence-electron chi connectivity index (χ2n) is 4.05. The smallest absolute Gasteiger partial charge is 0.309 e. The van der Waals surface area contributed by atoms with Crippen LogP contribution in [0.25, 0.3) is 0 Å². The van der Waals surface area contributed by atoms with Gasteiger partial charge < -0.3 is 10.5 Å². The van der Waals surface area contributed by atoms with E-state index in [0.717, 1.165) is 23.2 Å². The molecule has 0 bridgehead atoms. The molecule has 3 heteroatoms. The van der Waals surface area contributed by atoms with Crippen LogP contribution in [0.2, 0.25) is 0 Å². The fourth-order valence-corrected chi connectivity index (χ4v) is 1.98. The van der Waals surface area contributed by atoms with Crippen molar-refractivity contribution in [3.05, 3.63) is 29.3 Å². The minimum absolute atomic E-state index is 0.0131. The Kier molecular flexibility index (Phi) is 2.39. The number of rotatable bonds is 2. The van der Waals surface area contributed by atoms with Crippen molar-refractivity contribution in [3.8, 4) is 0 Å². The molecule has 2 unspecified atom stereocenters. The Morgan fingerprint density at radius 2 is 2.27 bits per heavy atom. The van der Waals surface area contributed by atoms with Gasteiger partial charge in [-0.3, -0.25) is 4.79 Å². The minimum atomic E-state index is -0.124. The quantitative estimate of drug-likeness (QED) is 0.592. The van der Waals surface area contributed by atoms with Gasteiger partial charge in [0.1, 0.15) is 0 Å². The van der Waals surface area contributed by atoms with Crippen LogP contribution < -0.4 is 5.73 Å². The summed E-state index contributed by atoms with van der Waals surface area (Å²) in [5, 5.41) is 0. The van der Waals surface area contributed by atoms with Crippen molar-refractivity contribution in [1.29, 1.82) is 0 Å². The summed E-state index contributed by atoms with van der Waals surface area (Å²) in [5.41, 5.74) is 8.95. The molecule has 1 aliphatic carbocycles. The highest BCUT2D eigenvalue weighted by Gasteiger charge is 2.45. The number of esters is 1. The van der Waals surface area contributed by atoms with Crippen LogP contribution in [0, 0.1) is 12.8 Å². The molecule has 80 valence electrons. The lowest BCUT2D eigenvalue weighted by Crippen LogP contribution is -2.05. The molecule has 1 fully saturated rings. The summed E-state index contributed by atoms with van der Waals surface area (Å²) in [6, 6.07) is 5.96. The first-order valence-corrected chi connectivity index (χ1v) is 5.08. The normalized spacial score (nSPS) is 23.6. The molecule has 0 aromatic heterocycles. The van der Waals surface area contributed by atoms with Crippen LogP contribution in [0.5, 0.6) is 0 Å². The first-order chi connectivity index (χ1) is 7.15. The molecule has 1 aromatic carbocycles. The van der Waals surface area contributed by atoms with E-state index < -0.39 is 0 Å². The number of ether oxygens (including phenoxy) is 1. The van der Waals surface area contributed by atoms with Crippen LogP contribution in [0.1, 0.15) is 23.5 Å². The summed E-state index contributed by atoms with van der Waals surface area (Å²) in [5.74, 6) is 0.150. The van der Waals surface area contributed by atoms with Crippen LogP contribution in [-0.2, 0) is 9.53 Å². The first-order valence-electron chi connectivity index (χ1n) is 5.08. The van der Waals surface area contributed by atoms with Gasteiger partial charge in [-0.15, -0.1) is 0 Å². The molecule has 15 heavy (non-hydrogen) atoms. The Balaban J connectivity index is 2.20. The van der Waals surface area contributed by atoms with Crippen LogP contribution in [0.4, 0.5) is 5.69 Å². The average molecular weight is 205 g/mol. The van der Waals surface area contributed by atoms with Gasteiger partial charge in [0.15, 0.2) is 0 Å². The molecule has 0 saturated heterocycles. The van der Waals surface area contributed by atoms with Crippen molar-refractivity contribution in [2.24, 2.45) is 5.92 Å². The van der Waals surface area contributed by atoms with Gasteiger partial charge in [-0.2, -0.15) is 0 Å². The SMILES string of the molecule is COC(=O)C1CC1c1cccc(C)c1N. The van der Waals surface area contributed by atoms with E-state index in [0.29, 0.717) is 0 Å². The number of anilines is 1. The van der Waals surface area contributed by atoms with Gasteiger partial charge in [0, 0.05) is 11.6 Å². The standard InChI is InChI=1S/C12H15NO2/c1-7-4-3-5-8(11(7)13)9-6-10(9)12(14)15-2/h3-5,9-10H,6,13H2,1-2H3. The van der Waals surface area contributed by atoms with Gasteiger partial charge in [-0.25, -0.2) is 0 Å². The number of para-hydroxylation sites is 1. The first kappa shape index (κ1) is 10.0. The fraction of sp³-hybridized carbons (Fsp3) is 0.417. The third-order valence-electron chi connectivity index (χ3n) is 3.05. The van der Waals surface area contributed by atoms with Gasteiger partial charge >= 0.3 is 5.97 Å². The summed E-state index contributed by atoms with van der Waals surface area (Å²) in [4.78, 5) is 11.3. The van der Waals surface area contributed by atoms with E-state index in [1.54, 1.807) is 0 Å². The Hall–Kier alpha value is -1.51. The van der Waals surface area contributed by atoms with Crippen molar-refractivity contribution in [3.63, 3.8) is 0 Å². The lowest BCUT2D eigenvalue weighted by Gasteiger charge is -2.07. The Labute approximate surface area is 89.2 Å². The predicted molar refractivity (Wildman–Crippen MR) is 58.5 cm³/mol. The number of nitrogens with two attached hydrogens (primary N) is 1. The molecule has 0 amide bonds. The second kappa shape index (κ2) is 3.57. The number of aryl methyl sites for hydroxylation is 1. The zero-order chi connectivity index (χ0) is 11.0. The van der Waals surface area contributed by atoms with E-state index >= 15 is 0 Å². The van der Waals surface area contributed by atoms with Gasteiger partial charge in [-0.05, 0) is 24.5 Å². The summed E-state index contributed by atoms with van der Waals surface area (Å²) in [6.07, 6.45) is 0.861. The van der Waals surface area contributed by atoms with E-state index in [1.165, 1.54) is 7.11 Å². The van der Waals surface area contributed by atoms with Crippen molar-refractivity contribution in [2.45, 2.75) is 19.3 Å². The maximum atomic E-state index is 11.3. The third kappa shape index (κ3) is 1.69. The molecule has 1 aromatic rings. The molecule has 2 atom stereocenters. The Morgan fingerprint density at radius 3 is 2.93 bits per heavy atom. The number of benzene rings is 1. The Bertz CT molecular complexity index is 401. The Morgan fingerprint density at radius 1 is 1.53 bits per heavy atom. The van der Waals surface area contributed by atoms with Crippen LogP contribution in [-0.4, -0.2) is 13.1 Å². The molecule has 2 N–H and O–H groups in total. The lowest BCUT2D eigenvalue weighted by atomic mass is 10.0. The summed E-state index contributed by atoms with van der Waals surface area (Å²) < 4.78 is 4.72. The lowest BCUT2D eigenvalue weighted by molar-refractivity contribution is -0.142. The summed E-state index contributed by atoms with van der Waals surface area (Å²) in [7, 11) is 1.43. The molecule has 0 aliphatic heterocycles. The topological polar surface area (TPSA) is 52.3 Å². The maximum Gasteiger partial charge on any atom is 0.309 e. The van der Waals surface area contributed by atoms with Crippen molar-refractivity contribution in [1.82, 2.24) is 0 Å². The summed E-state index contributed by atoms with van der Waals surface area (Å²) >= 11 is 0. The van der Waals surface area contributed by atoms with E-state index in [-0.39, 0.29) is 17.8 Å². The molecule has 3 nitrogen and oxygen atoms in total. The largest absolute Gasteiger partial charge is 0.469 e. The molecule has 1 aliphatic rings.